The first kappa shape index (κ1) is 19.2. The molecule has 2 aromatic heterocycles. The minimum Gasteiger partial charge on any atom is -0.493 e. The van der Waals surface area contributed by atoms with Crippen LogP contribution < -0.4 is 14.8 Å². The molecule has 5 rings (SSSR count). The molecule has 31 heavy (non-hydrogen) atoms. The summed E-state index contributed by atoms with van der Waals surface area (Å²) < 4.78 is 11.6. The third-order valence-electron chi connectivity index (χ3n) is 5.08. The standard InChI is InChI=1S/C24H19ClN4O2/c1-30-21-10-17-20(11-22(21)31-13-15-6-3-2-4-7-15)27-14-28-24(17)29-19-9-5-8-16-18(25)12-26-23(16)19/h2-12,14,26H,13H2,1H3,(H,27,28,29). The lowest BCUT2D eigenvalue weighted by Gasteiger charge is -2.14. The maximum absolute atomic E-state index is 6.26. The maximum Gasteiger partial charge on any atom is 0.163 e. The Labute approximate surface area is 183 Å². The summed E-state index contributed by atoms with van der Waals surface area (Å²) in [5.74, 6) is 1.90. The van der Waals surface area contributed by atoms with Gasteiger partial charge < -0.3 is 19.8 Å². The zero-order valence-corrected chi connectivity index (χ0v) is 17.5. The lowest BCUT2D eigenvalue weighted by Crippen LogP contribution is -2.00. The fraction of sp³-hybridized carbons (Fsp3) is 0.0833. The number of nitrogens with zero attached hydrogens (tertiary/aromatic N) is 2. The van der Waals surface area contributed by atoms with E-state index in [1.165, 1.54) is 6.33 Å². The highest BCUT2D eigenvalue weighted by atomic mass is 35.5. The third kappa shape index (κ3) is 3.73. The van der Waals surface area contributed by atoms with Crippen molar-refractivity contribution in [2.75, 3.05) is 12.4 Å². The second-order valence-electron chi connectivity index (χ2n) is 7.01. The normalized spacial score (nSPS) is 11.0. The summed E-state index contributed by atoms with van der Waals surface area (Å²) >= 11 is 6.26. The van der Waals surface area contributed by atoms with Crippen molar-refractivity contribution in [1.29, 1.82) is 0 Å². The Kier molecular flexibility index (Phi) is 5.06. The van der Waals surface area contributed by atoms with Gasteiger partial charge in [0.05, 0.1) is 28.9 Å². The van der Waals surface area contributed by atoms with Crippen LogP contribution >= 0.6 is 11.6 Å². The van der Waals surface area contributed by atoms with Gasteiger partial charge in [-0.15, -0.1) is 0 Å². The number of methoxy groups -OCH3 is 1. The van der Waals surface area contributed by atoms with Crippen LogP contribution in [0.4, 0.5) is 11.5 Å². The Morgan fingerprint density at radius 1 is 0.968 bits per heavy atom. The summed E-state index contributed by atoms with van der Waals surface area (Å²) in [7, 11) is 1.62. The lowest BCUT2D eigenvalue weighted by atomic mass is 10.2. The fourth-order valence-corrected chi connectivity index (χ4v) is 3.74. The number of H-pyrrole nitrogens is 1. The number of halogens is 1. The number of benzene rings is 3. The molecule has 0 saturated carbocycles. The molecule has 0 aliphatic carbocycles. The number of ether oxygens (including phenoxy) is 2. The highest BCUT2D eigenvalue weighted by Gasteiger charge is 2.13. The predicted molar refractivity (Wildman–Crippen MR) is 123 cm³/mol. The van der Waals surface area contributed by atoms with Crippen molar-refractivity contribution in [2.24, 2.45) is 0 Å². The lowest BCUT2D eigenvalue weighted by molar-refractivity contribution is 0.285. The van der Waals surface area contributed by atoms with Gasteiger partial charge in [0.2, 0.25) is 0 Å². The van der Waals surface area contributed by atoms with E-state index in [1.54, 1.807) is 13.3 Å². The van der Waals surface area contributed by atoms with Gasteiger partial charge in [0.15, 0.2) is 11.5 Å². The molecule has 0 atom stereocenters. The molecule has 0 aliphatic rings. The molecule has 0 bridgehead atoms. The van der Waals surface area contributed by atoms with Crippen LogP contribution in [0.5, 0.6) is 11.5 Å². The highest BCUT2D eigenvalue weighted by molar-refractivity contribution is 6.36. The Hall–Kier alpha value is -3.77. The average molecular weight is 431 g/mol. The number of aromatic nitrogens is 3. The summed E-state index contributed by atoms with van der Waals surface area (Å²) in [6.07, 6.45) is 3.30. The number of hydrogen-bond acceptors (Lipinski definition) is 5. The summed E-state index contributed by atoms with van der Waals surface area (Å²) in [4.78, 5) is 12.1. The van der Waals surface area contributed by atoms with Gasteiger partial charge in [0, 0.05) is 23.0 Å². The molecule has 2 heterocycles. The first-order chi connectivity index (χ1) is 15.2. The van der Waals surface area contributed by atoms with E-state index in [4.69, 9.17) is 21.1 Å². The summed E-state index contributed by atoms with van der Waals surface area (Å²) in [5.41, 5.74) is 3.60. The van der Waals surface area contributed by atoms with Crippen LogP contribution in [0.3, 0.4) is 0 Å². The Bertz CT molecular complexity index is 1370. The van der Waals surface area contributed by atoms with E-state index in [2.05, 4.69) is 20.3 Å². The van der Waals surface area contributed by atoms with E-state index >= 15 is 0 Å². The predicted octanol–water partition coefficient (Wildman–Crippen LogP) is 6.10. The molecule has 0 unspecified atom stereocenters. The molecule has 0 amide bonds. The third-order valence-corrected chi connectivity index (χ3v) is 5.39. The number of fused-ring (bicyclic) bond motifs is 2. The topological polar surface area (TPSA) is 72.1 Å². The second kappa shape index (κ2) is 8.16. The zero-order chi connectivity index (χ0) is 21.2. The van der Waals surface area contributed by atoms with Crippen LogP contribution in [-0.4, -0.2) is 22.1 Å². The molecule has 0 aliphatic heterocycles. The number of rotatable bonds is 6. The molecule has 154 valence electrons. The molecule has 3 aromatic carbocycles. The number of para-hydroxylation sites is 1. The van der Waals surface area contributed by atoms with Crippen molar-refractivity contribution < 1.29 is 9.47 Å². The Balaban J connectivity index is 1.51. The van der Waals surface area contributed by atoms with Gasteiger partial charge in [-0.1, -0.05) is 54.1 Å². The first-order valence-corrected chi connectivity index (χ1v) is 10.1. The number of aromatic amines is 1. The van der Waals surface area contributed by atoms with E-state index in [-0.39, 0.29) is 0 Å². The molecule has 2 N–H and O–H groups in total. The van der Waals surface area contributed by atoms with Crippen LogP contribution in [0.1, 0.15) is 5.56 Å². The molecule has 7 heteroatoms. The minimum absolute atomic E-state index is 0.439. The van der Waals surface area contributed by atoms with Crippen molar-refractivity contribution in [3.63, 3.8) is 0 Å². The number of hydrogen-bond donors (Lipinski definition) is 2. The summed E-state index contributed by atoms with van der Waals surface area (Å²) in [6, 6.07) is 19.6. The zero-order valence-electron chi connectivity index (χ0n) is 16.7. The van der Waals surface area contributed by atoms with Crippen molar-refractivity contribution in [3.8, 4) is 11.5 Å². The summed E-state index contributed by atoms with van der Waals surface area (Å²) in [5, 5.41) is 5.83. The molecule has 0 fully saturated rings. The quantitative estimate of drug-likeness (QED) is 0.340. The molecule has 6 nitrogen and oxygen atoms in total. The van der Waals surface area contributed by atoms with Crippen LogP contribution in [0, 0.1) is 0 Å². The van der Waals surface area contributed by atoms with Crippen LogP contribution in [0.2, 0.25) is 5.02 Å². The van der Waals surface area contributed by atoms with Gasteiger partial charge in [0.25, 0.3) is 0 Å². The Morgan fingerprint density at radius 2 is 1.84 bits per heavy atom. The van der Waals surface area contributed by atoms with E-state index in [0.29, 0.717) is 28.9 Å². The minimum atomic E-state index is 0.439. The molecular formula is C24H19ClN4O2. The van der Waals surface area contributed by atoms with Crippen LogP contribution in [0.15, 0.2) is 73.2 Å². The van der Waals surface area contributed by atoms with E-state index in [1.807, 2.05) is 60.7 Å². The first-order valence-electron chi connectivity index (χ1n) is 9.75. The fourth-order valence-electron chi connectivity index (χ4n) is 3.52. The van der Waals surface area contributed by atoms with Gasteiger partial charge in [-0.25, -0.2) is 9.97 Å². The highest BCUT2D eigenvalue weighted by Crippen LogP contribution is 2.36. The van der Waals surface area contributed by atoms with Gasteiger partial charge in [-0.05, 0) is 17.7 Å². The number of nitrogens with one attached hydrogen (secondary N) is 2. The molecule has 0 saturated heterocycles. The maximum atomic E-state index is 6.26. The Morgan fingerprint density at radius 3 is 2.68 bits per heavy atom. The monoisotopic (exact) mass is 430 g/mol. The molecule has 5 aromatic rings. The van der Waals surface area contributed by atoms with Crippen molar-refractivity contribution in [3.05, 3.63) is 83.8 Å². The van der Waals surface area contributed by atoms with Crippen molar-refractivity contribution >= 4 is 44.9 Å². The largest absolute Gasteiger partial charge is 0.493 e. The van der Waals surface area contributed by atoms with Gasteiger partial charge >= 0.3 is 0 Å². The molecule has 0 radical (unpaired) electrons. The number of anilines is 2. The van der Waals surface area contributed by atoms with Crippen LogP contribution in [-0.2, 0) is 6.61 Å². The SMILES string of the molecule is COc1cc2c(Nc3cccc4c(Cl)c[nH]c34)ncnc2cc1OCc1ccccc1. The molecule has 0 spiro atoms. The van der Waals surface area contributed by atoms with E-state index in [9.17, 15) is 0 Å². The smallest absolute Gasteiger partial charge is 0.163 e. The van der Waals surface area contributed by atoms with Gasteiger partial charge in [0.1, 0.15) is 18.8 Å². The average Bonchev–Trinajstić information content (AvgIpc) is 3.20. The van der Waals surface area contributed by atoms with Gasteiger partial charge in [-0.2, -0.15) is 0 Å². The van der Waals surface area contributed by atoms with Gasteiger partial charge in [-0.3, -0.25) is 0 Å². The molecular weight excluding hydrogens is 412 g/mol. The van der Waals surface area contributed by atoms with E-state index in [0.717, 1.165) is 33.1 Å². The van der Waals surface area contributed by atoms with Crippen LogP contribution in [0.25, 0.3) is 21.8 Å². The van der Waals surface area contributed by atoms with Crippen molar-refractivity contribution in [2.45, 2.75) is 6.61 Å². The summed E-state index contributed by atoms with van der Waals surface area (Å²) in [6.45, 7) is 0.439. The second-order valence-corrected chi connectivity index (χ2v) is 7.41. The van der Waals surface area contributed by atoms with Crippen molar-refractivity contribution in [1.82, 2.24) is 15.0 Å². The van der Waals surface area contributed by atoms with E-state index < -0.39 is 0 Å².